The van der Waals surface area contributed by atoms with E-state index in [9.17, 15) is 0 Å². The molecule has 3 rings (SSSR count). The Labute approximate surface area is 190 Å². The van der Waals surface area contributed by atoms with Crippen LogP contribution in [0.5, 0.6) is 5.75 Å². The van der Waals surface area contributed by atoms with Crippen molar-refractivity contribution in [2.24, 2.45) is 21.5 Å². The van der Waals surface area contributed by atoms with E-state index in [1.807, 2.05) is 18.2 Å². The second-order valence-electron chi connectivity index (χ2n) is 6.01. The topological polar surface area (TPSA) is 133 Å². The maximum Gasteiger partial charge on any atom is 0.168 e. The third kappa shape index (κ3) is 8.25. The highest BCUT2D eigenvalue weighted by atomic mass is 35.5. The molecule has 0 radical (unpaired) electrons. The van der Waals surface area contributed by atoms with Crippen LogP contribution in [0.4, 0.5) is 11.4 Å². The number of rotatable bonds is 5. The molecule has 9 heteroatoms. The zero-order valence-corrected chi connectivity index (χ0v) is 17.9. The second kappa shape index (κ2) is 12.1. The smallest absolute Gasteiger partial charge is 0.168 e. The van der Waals surface area contributed by atoms with Crippen LogP contribution in [0, 0.1) is 5.41 Å². The van der Waals surface area contributed by atoms with Gasteiger partial charge >= 0.3 is 0 Å². The molecule has 0 fully saturated rings. The van der Waals surface area contributed by atoms with Crippen LogP contribution >= 0.6 is 23.8 Å². The number of para-hydroxylation sites is 1. The Morgan fingerprint density at radius 3 is 2.23 bits per heavy atom. The van der Waals surface area contributed by atoms with Gasteiger partial charge < -0.3 is 27.3 Å². The molecule has 0 aliphatic rings. The van der Waals surface area contributed by atoms with E-state index < -0.39 is 0 Å². The van der Waals surface area contributed by atoms with Crippen LogP contribution < -0.4 is 16.8 Å². The first-order valence-electron chi connectivity index (χ1n) is 8.96. The highest BCUT2D eigenvalue weighted by Gasteiger charge is 1.97. The monoisotopic (exact) mass is 452 g/mol. The summed E-state index contributed by atoms with van der Waals surface area (Å²) >= 11 is 10.4. The molecule has 0 amide bonds. The van der Waals surface area contributed by atoms with Crippen molar-refractivity contribution in [2.75, 3.05) is 5.32 Å². The van der Waals surface area contributed by atoms with E-state index in [1.54, 1.807) is 54.6 Å². The highest BCUT2D eigenvalue weighted by Crippen LogP contribution is 2.19. The molecule has 0 saturated heterocycles. The summed E-state index contributed by atoms with van der Waals surface area (Å²) in [7, 11) is 0. The van der Waals surface area contributed by atoms with Crippen LogP contribution in [0.1, 0.15) is 11.1 Å². The van der Waals surface area contributed by atoms with Crippen molar-refractivity contribution in [2.45, 2.75) is 0 Å². The standard InChI is InChI=1S/C15H14N4O.C7H7ClN2S/c16-9-11-1-3-12(4-2-11)15(17)19-10-18-13-5-7-14(20)8-6-13;8-5-3-1-2-4-6(5)10-7(9)11/h1-10,16,20H,(H2,17,18,19);1-4H,(H3,9,10,11). The molecule has 0 unspecified atom stereocenters. The third-order valence-corrected chi connectivity index (χ3v) is 4.19. The van der Waals surface area contributed by atoms with Crippen LogP contribution in [-0.2, 0) is 0 Å². The van der Waals surface area contributed by atoms with Crippen molar-refractivity contribution >= 4 is 58.7 Å². The van der Waals surface area contributed by atoms with Crippen molar-refractivity contribution in [1.82, 2.24) is 0 Å². The van der Waals surface area contributed by atoms with Gasteiger partial charge in [0.05, 0.1) is 16.4 Å². The summed E-state index contributed by atoms with van der Waals surface area (Å²) in [5.74, 6) is 0.544. The number of benzene rings is 3. The number of aromatic hydroxyl groups is 1. The molecule has 0 aliphatic heterocycles. The fourth-order valence-electron chi connectivity index (χ4n) is 2.22. The van der Waals surface area contributed by atoms with Gasteiger partial charge in [-0.2, -0.15) is 0 Å². The molecule has 0 aliphatic carbocycles. The quantitative estimate of drug-likeness (QED) is 0.221. The molecule has 3 aromatic rings. The fourth-order valence-corrected chi connectivity index (χ4v) is 2.51. The average Bonchev–Trinajstić information content (AvgIpc) is 2.77. The number of hydrogen-bond donors (Lipinski definition) is 5. The number of thiocarbonyl (C=S) groups is 1. The fraction of sp³-hybridized carbons (Fsp3) is 0. The predicted octanol–water partition coefficient (Wildman–Crippen LogP) is 4.45. The van der Waals surface area contributed by atoms with Crippen molar-refractivity contribution in [3.05, 3.63) is 88.9 Å². The highest BCUT2D eigenvalue weighted by molar-refractivity contribution is 7.80. The van der Waals surface area contributed by atoms with Crippen LogP contribution in [0.3, 0.4) is 0 Å². The van der Waals surface area contributed by atoms with Gasteiger partial charge in [-0.3, -0.25) is 0 Å². The number of phenolic OH excluding ortho intramolecular Hbond substituents is 1. The Bertz CT molecular complexity index is 1080. The van der Waals surface area contributed by atoms with Gasteiger partial charge in [0.1, 0.15) is 17.9 Å². The molecular formula is C22H21ClN6OS. The number of nitrogens with zero attached hydrogens (tertiary/aromatic N) is 2. The van der Waals surface area contributed by atoms with E-state index in [1.165, 1.54) is 12.6 Å². The molecule has 7 N–H and O–H groups in total. The molecule has 3 aromatic carbocycles. The molecule has 0 atom stereocenters. The molecule has 7 nitrogen and oxygen atoms in total. The van der Waals surface area contributed by atoms with Gasteiger partial charge in [0, 0.05) is 11.8 Å². The van der Waals surface area contributed by atoms with E-state index in [4.69, 9.17) is 33.6 Å². The minimum atomic E-state index is 0.193. The molecule has 0 heterocycles. The third-order valence-electron chi connectivity index (χ3n) is 3.76. The van der Waals surface area contributed by atoms with E-state index in [0.29, 0.717) is 16.5 Å². The summed E-state index contributed by atoms with van der Waals surface area (Å²) in [6.07, 6.45) is 2.63. The first-order valence-corrected chi connectivity index (χ1v) is 9.74. The molecule has 0 aromatic heterocycles. The van der Waals surface area contributed by atoms with E-state index in [0.717, 1.165) is 16.8 Å². The molecular weight excluding hydrogens is 432 g/mol. The van der Waals surface area contributed by atoms with Crippen LogP contribution in [0.25, 0.3) is 0 Å². The first-order chi connectivity index (χ1) is 14.9. The average molecular weight is 453 g/mol. The molecule has 158 valence electrons. The van der Waals surface area contributed by atoms with Gasteiger partial charge in [0.2, 0.25) is 0 Å². The number of nitrogens with two attached hydrogens (primary N) is 2. The van der Waals surface area contributed by atoms with Crippen LogP contribution in [-0.4, -0.2) is 28.6 Å². The Balaban J connectivity index is 0.000000262. The normalized spacial score (nSPS) is 10.8. The van der Waals surface area contributed by atoms with Crippen molar-refractivity contribution in [3.8, 4) is 5.75 Å². The van der Waals surface area contributed by atoms with Gasteiger partial charge in [-0.15, -0.1) is 0 Å². The lowest BCUT2D eigenvalue weighted by atomic mass is 10.1. The maximum atomic E-state index is 9.15. The number of aliphatic imine (C=N–C) groups is 2. The maximum absolute atomic E-state index is 9.15. The first kappa shape index (κ1) is 23.5. The van der Waals surface area contributed by atoms with E-state index in [2.05, 4.69) is 27.5 Å². The number of amidine groups is 1. The molecule has 0 bridgehead atoms. The van der Waals surface area contributed by atoms with Gasteiger partial charge in [0.15, 0.2) is 5.11 Å². The summed E-state index contributed by atoms with van der Waals surface area (Å²) in [5, 5.41) is 19.8. The number of hydrogen-bond acceptors (Lipinski definition) is 4. The van der Waals surface area contributed by atoms with E-state index >= 15 is 0 Å². The lowest BCUT2D eigenvalue weighted by molar-refractivity contribution is 0.475. The van der Waals surface area contributed by atoms with Gasteiger partial charge in [-0.25, -0.2) is 9.98 Å². The number of anilines is 1. The lowest BCUT2D eigenvalue weighted by Gasteiger charge is -2.04. The molecule has 0 saturated carbocycles. The molecule has 31 heavy (non-hydrogen) atoms. The van der Waals surface area contributed by atoms with Crippen molar-refractivity contribution < 1.29 is 5.11 Å². The van der Waals surface area contributed by atoms with Gasteiger partial charge in [-0.1, -0.05) is 48.0 Å². The Morgan fingerprint density at radius 2 is 1.65 bits per heavy atom. The van der Waals surface area contributed by atoms with Crippen molar-refractivity contribution in [3.63, 3.8) is 0 Å². The largest absolute Gasteiger partial charge is 0.508 e. The van der Waals surface area contributed by atoms with Crippen molar-refractivity contribution in [1.29, 1.82) is 5.41 Å². The SMILES string of the molecule is N=Cc1ccc(C(N)=NC=Nc2ccc(O)cc2)cc1.NC(=S)Nc1ccccc1Cl. The summed E-state index contributed by atoms with van der Waals surface area (Å²) in [5.41, 5.74) is 14.1. The zero-order valence-electron chi connectivity index (χ0n) is 16.4. The molecule has 0 spiro atoms. The zero-order chi connectivity index (χ0) is 22.6. The Kier molecular flexibility index (Phi) is 9.15. The van der Waals surface area contributed by atoms with Crippen LogP contribution in [0.15, 0.2) is 82.8 Å². The minimum Gasteiger partial charge on any atom is -0.508 e. The number of halogens is 1. The predicted molar refractivity (Wildman–Crippen MR) is 133 cm³/mol. The number of phenols is 1. The summed E-state index contributed by atoms with van der Waals surface area (Å²) in [6.45, 7) is 0. The van der Waals surface area contributed by atoms with E-state index in [-0.39, 0.29) is 10.9 Å². The minimum absolute atomic E-state index is 0.193. The van der Waals surface area contributed by atoms with Gasteiger partial charge in [0.25, 0.3) is 0 Å². The second-order valence-corrected chi connectivity index (χ2v) is 6.86. The van der Waals surface area contributed by atoms with Crippen LogP contribution in [0.2, 0.25) is 5.02 Å². The number of nitrogens with one attached hydrogen (secondary N) is 2. The Morgan fingerprint density at radius 1 is 1.00 bits per heavy atom. The summed E-state index contributed by atoms with van der Waals surface area (Å²) in [4.78, 5) is 8.16. The summed E-state index contributed by atoms with van der Waals surface area (Å²) in [6, 6.07) is 20.9. The summed E-state index contributed by atoms with van der Waals surface area (Å²) < 4.78 is 0. The lowest BCUT2D eigenvalue weighted by Crippen LogP contribution is -2.18. The van der Waals surface area contributed by atoms with Gasteiger partial charge in [-0.05, 0) is 54.2 Å². The Hall–Kier alpha value is -3.75.